The molecule has 126 valence electrons. The second-order valence-corrected chi connectivity index (χ2v) is 5.62. The van der Waals surface area contributed by atoms with Crippen LogP contribution in [-0.2, 0) is 9.59 Å². The van der Waals surface area contributed by atoms with Crippen LogP contribution in [0.2, 0.25) is 5.02 Å². The van der Waals surface area contributed by atoms with E-state index in [-0.39, 0.29) is 11.8 Å². The smallest absolute Gasteiger partial charge is 0.265 e. The molecule has 1 unspecified atom stereocenters. The number of carbonyl (C=O) groups is 2. The standard InChI is InChI=1S/C18H19ClN2O3/c1-3-17(22)20-14-6-8-15(9-7-14)21-18(23)12(2)24-16-10-4-13(19)5-11-16/h4-12H,3H2,1-2H3,(H,20,22)(H,21,23). The summed E-state index contributed by atoms with van der Waals surface area (Å²) in [6.07, 6.45) is -0.247. The number of anilines is 2. The van der Waals surface area contributed by atoms with Crippen LogP contribution in [0.3, 0.4) is 0 Å². The summed E-state index contributed by atoms with van der Waals surface area (Å²) in [6.45, 7) is 3.45. The van der Waals surface area contributed by atoms with Gasteiger partial charge in [0.25, 0.3) is 5.91 Å². The van der Waals surface area contributed by atoms with Gasteiger partial charge in [0, 0.05) is 22.8 Å². The Bertz CT molecular complexity index is 699. The molecular weight excluding hydrogens is 328 g/mol. The van der Waals surface area contributed by atoms with Crippen molar-refractivity contribution < 1.29 is 14.3 Å². The fourth-order valence-electron chi connectivity index (χ4n) is 1.90. The highest BCUT2D eigenvalue weighted by atomic mass is 35.5. The van der Waals surface area contributed by atoms with Gasteiger partial charge < -0.3 is 15.4 Å². The molecule has 0 saturated carbocycles. The molecule has 0 aromatic heterocycles. The predicted molar refractivity (Wildman–Crippen MR) is 95.5 cm³/mol. The van der Waals surface area contributed by atoms with Crippen LogP contribution in [-0.4, -0.2) is 17.9 Å². The first-order chi connectivity index (χ1) is 11.5. The zero-order valence-corrected chi connectivity index (χ0v) is 14.3. The fourth-order valence-corrected chi connectivity index (χ4v) is 2.03. The molecule has 2 N–H and O–H groups in total. The number of nitrogens with one attached hydrogen (secondary N) is 2. The molecule has 2 aromatic carbocycles. The van der Waals surface area contributed by atoms with Crippen molar-refractivity contribution in [1.82, 2.24) is 0 Å². The van der Waals surface area contributed by atoms with Gasteiger partial charge in [-0.15, -0.1) is 0 Å². The number of benzene rings is 2. The molecule has 0 aliphatic carbocycles. The van der Waals surface area contributed by atoms with Gasteiger partial charge in [0.2, 0.25) is 5.91 Å². The molecule has 5 nitrogen and oxygen atoms in total. The van der Waals surface area contributed by atoms with Crippen LogP contribution in [0.4, 0.5) is 11.4 Å². The Morgan fingerprint density at radius 1 is 1.00 bits per heavy atom. The van der Waals surface area contributed by atoms with Crippen molar-refractivity contribution in [3.63, 3.8) is 0 Å². The van der Waals surface area contributed by atoms with Gasteiger partial charge in [-0.2, -0.15) is 0 Å². The predicted octanol–water partition coefficient (Wildman–Crippen LogP) is 4.09. The Labute approximate surface area is 146 Å². The first-order valence-electron chi connectivity index (χ1n) is 7.61. The third-order valence-electron chi connectivity index (χ3n) is 3.25. The van der Waals surface area contributed by atoms with E-state index in [0.29, 0.717) is 28.6 Å². The molecule has 0 heterocycles. The molecule has 0 aliphatic heterocycles. The molecule has 0 aliphatic rings. The Hall–Kier alpha value is -2.53. The zero-order chi connectivity index (χ0) is 17.5. The van der Waals surface area contributed by atoms with E-state index < -0.39 is 6.10 Å². The van der Waals surface area contributed by atoms with Crippen LogP contribution in [0.1, 0.15) is 20.3 Å². The number of rotatable bonds is 6. The number of hydrogen-bond donors (Lipinski definition) is 2. The van der Waals surface area contributed by atoms with E-state index in [1.807, 2.05) is 0 Å². The van der Waals surface area contributed by atoms with Gasteiger partial charge >= 0.3 is 0 Å². The normalized spacial score (nSPS) is 11.5. The highest BCUT2D eigenvalue weighted by Gasteiger charge is 2.15. The summed E-state index contributed by atoms with van der Waals surface area (Å²) in [5, 5.41) is 6.12. The molecule has 2 rings (SSSR count). The summed E-state index contributed by atoms with van der Waals surface area (Å²) < 4.78 is 5.57. The Morgan fingerprint density at radius 2 is 1.54 bits per heavy atom. The first-order valence-corrected chi connectivity index (χ1v) is 7.98. The Morgan fingerprint density at radius 3 is 2.08 bits per heavy atom. The number of carbonyl (C=O) groups excluding carboxylic acids is 2. The van der Waals surface area contributed by atoms with Crippen LogP contribution in [0, 0.1) is 0 Å². The lowest BCUT2D eigenvalue weighted by atomic mass is 10.2. The maximum Gasteiger partial charge on any atom is 0.265 e. The molecule has 0 radical (unpaired) electrons. The van der Waals surface area contributed by atoms with E-state index in [1.54, 1.807) is 62.4 Å². The summed E-state index contributed by atoms with van der Waals surface area (Å²) in [5.41, 5.74) is 1.31. The number of hydrogen-bond acceptors (Lipinski definition) is 3. The summed E-state index contributed by atoms with van der Waals surface area (Å²) in [6, 6.07) is 13.7. The lowest BCUT2D eigenvalue weighted by Gasteiger charge is -2.15. The lowest BCUT2D eigenvalue weighted by Crippen LogP contribution is -2.30. The quantitative estimate of drug-likeness (QED) is 0.827. The van der Waals surface area contributed by atoms with E-state index in [0.717, 1.165) is 0 Å². The largest absolute Gasteiger partial charge is 0.481 e. The van der Waals surface area contributed by atoms with Crippen molar-refractivity contribution in [1.29, 1.82) is 0 Å². The average molecular weight is 347 g/mol. The molecule has 2 amide bonds. The number of halogens is 1. The molecule has 0 fully saturated rings. The third-order valence-corrected chi connectivity index (χ3v) is 3.51. The van der Waals surface area contributed by atoms with Gasteiger partial charge in [-0.1, -0.05) is 18.5 Å². The molecule has 0 spiro atoms. The number of ether oxygens (including phenoxy) is 1. The summed E-state index contributed by atoms with van der Waals surface area (Å²) in [4.78, 5) is 23.5. The van der Waals surface area contributed by atoms with Gasteiger partial charge in [-0.05, 0) is 55.5 Å². The Balaban J connectivity index is 1.91. The summed E-state index contributed by atoms with van der Waals surface area (Å²) in [5.74, 6) is 0.242. The van der Waals surface area contributed by atoms with Gasteiger partial charge in [0.05, 0.1) is 0 Å². The van der Waals surface area contributed by atoms with Crippen LogP contribution in [0.5, 0.6) is 5.75 Å². The van der Waals surface area contributed by atoms with Crippen LogP contribution >= 0.6 is 11.6 Å². The fraction of sp³-hybridized carbons (Fsp3) is 0.222. The first kappa shape index (κ1) is 17.8. The van der Waals surface area contributed by atoms with Crippen LogP contribution < -0.4 is 15.4 Å². The second-order valence-electron chi connectivity index (χ2n) is 5.18. The number of amides is 2. The van der Waals surface area contributed by atoms with Crippen molar-refractivity contribution in [3.8, 4) is 5.75 Å². The van der Waals surface area contributed by atoms with Crippen molar-refractivity contribution >= 4 is 34.8 Å². The maximum absolute atomic E-state index is 12.2. The average Bonchev–Trinajstić information content (AvgIpc) is 2.58. The van der Waals surface area contributed by atoms with E-state index in [1.165, 1.54) is 0 Å². The van der Waals surface area contributed by atoms with Crippen molar-refractivity contribution in [2.24, 2.45) is 0 Å². The molecule has 6 heteroatoms. The minimum Gasteiger partial charge on any atom is -0.481 e. The lowest BCUT2D eigenvalue weighted by molar-refractivity contribution is -0.122. The topological polar surface area (TPSA) is 67.4 Å². The van der Waals surface area contributed by atoms with E-state index in [4.69, 9.17) is 16.3 Å². The highest BCUT2D eigenvalue weighted by Crippen LogP contribution is 2.18. The van der Waals surface area contributed by atoms with Crippen LogP contribution in [0.15, 0.2) is 48.5 Å². The van der Waals surface area contributed by atoms with Crippen molar-refractivity contribution in [3.05, 3.63) is 53.6 Å². The molecule has 1 atom stereocenters. The minimum absolute atomic E-state index is 0.0585. The van der Waals surface area contributed by atoms with Gasteiger partial charge in [-0.3, -0.25) is 9.59 Å². The summed E-state index contributed by atoms with van der Waals surface area (Å²) >= 11 is 5.81. The second kappa shape index (κ2) is 8.36. The van der Waals surface area contributed by atoms with Crippen molar-refractivity contribution in [2.45, 2.75) is 26.4 Å². The molecular formula is C18H19ClN2O3. The van der Waals surface area contributed by atoms with Gasteiger partial charge in [0.1, 0.15) is 5.75 Å². The van der Waals surface area contributed by atoms with E-state index >= 15 is 0 Å². The molecule has 2 aromatic rings. The van der Waals surface area contributed by atoms with Crippen LogP contribution in [0.25, 0.3) is 0 Å². The zero-order valence-electron chi connectivity index (χ0n) is 13.5. The highest BCUT2D eigenvalue weighted by molar-refractivity contribution is 6.30. The van der Waals surface area contributed by atoms with Gasteiger partial charge in [0.15, 0.2) is 6.10 Å². The molecule has 24 heavy (non-hydrogen) atoms. The monoisotopic (exact) mass is 346 g/mol. The molecule has 0 bridgehead atoms. The van der Waals surface area contributed by atoms with Gasteiger partial charge in [-0.25, -0.2) is 0 Å². The van der Waals surface area contributed by atoms with E-state index in [9.17, 15) is 9.59 Å². The van der Waals surface area contributed by atoms with E-state index in [2.05, 4.69) is 10.6 Å². The summed E-state index contributed by atoms with van der Waals surface area (Å²) in [7, 11) is 0. The third kappa shape index (κ3) is 5.28. The Kier molecular flexibility index (Phi) is 6.21. The SMILES string of the molecule is CCC(=O)Nc1ccc(NC(=O)C(C)Oc2ccc(Cl)cc2)cc1. The molecule has 0 saturated heterocycles. The van der Waals surface area contributed by atoms with Crippen molar-refractivity contribution in [2.75, 3.05) is 10.6 Å². The maximum atomic E-state index is 12.2. The minimum atomic E-state index is -0.661.